The number of hydrogen-bond acceptors (Lipinski definition) is 7. The molecule has 34 heavy (non-hydrogen) atoms. The zero-order valence-corrected chi connectivity index (χ0v) is 21.2. The molecule has 1 aliphatic carbocycles. The molecule has 2 aromatic heterocycles. The Kier molecular flexibility index (Phi) is 6.70. The fraction of sp³-hybridized carbons (Fsp3) is 0.462. The number of ether oxygens (including phenoxy) is 3. The summed E-state index contributed by atoms with van der Waals surface area (Å²) >= 11 is 1.67. The zero-order chi connectivity index (χ0) is 23.7. The SMILES string of the molecule is COc1cc(C)cc(OC)c1-c1nccn2c(N(CC3CCC3)C3=CCOCC3)c(SC)nc12. The number of aryl methyl sites for hydroxylation is 1. The normalized spacial score (nSPS) is 16.3. The first-order chi connectivity index (χ1) is 16.6. The third-order valence-electron chi connectivity index (χ3n) is 6.77. The summed E-state index contributed by atoms with van der Waals surface area (Å²) in [7, 11) is 3.36. The monoisotopic (exact) mass is 480 g/mol. The van der Waals surface area contributed by atoms with E-state index in [9.17, 15) is 0 Å². The average molecular weight is 481 g/mol. The molecule has 1 aromatic carbocycles. The van der Waals surface area contributed by atoms with Crippen molar-refractivity contribution in [1.29, 1.82) is 0 Å². The molecule has 180 valence electrons. The Morgan fingerprint density at radius 1 is 1.21 bits per heavy atom. The Morgan fingerprint density at radius 2 is 1.97 bits per heavy atom. The van der Waals surface area contributed by atoms with Crippen molar-refractivity contribution < 1.29 is 14.2 Å². The lowest BCUT2D eigenvalue weighted by Crippen LogP contribution is -2.34. The van der Waals surface area contributed by atoms with Crippen LogP contribution in [0.25, 0.3) is 16.9 Å². The van der Waals surface area contributed by atoms with Gasteiger partial charge in [0.25, 0.3) is 0 Å². The summed E-state index contributed by atoms with van der Waals surface area (Å²) in [6.45, 7) is 4.44. The molecule has 1 fully saturated rings. The first-order valence-corrected chi connectivity index (χ1v) is 13.1. The second-order valence-electron chi connectivity index (χ2n) is 8.89. The van der Waals surface area contributed by atoms with Crippen LogP contribution in [0.2, 0.25) is 0 Å². The molecular weight excluding hydrogens is 448 g/mol. The van der Waals surface area contributed by atoms with Gasteiger partial charge >= 0.3 is 0 Å². The highest BCUT2D eigenvalue weighted by Gasteiger charge is 2.29. The lowest BCUT2D eigenvalue weighted by Gasteiger charge is -2.36. The number of methoxy groups -OCH3 is 2. The van der Waals surface area contributed by atoms with E-state index in [1.54, 1.807) is 26.0 Å². The minimum Gasteiger partial charge on any atom is -0.496 e. The second-order valence-corrected chi connectivity index (χ2v) is 9.68. The van der Waals surface area contributed by atoms with Crippen molar-refractivity contribution >= 4 is 23.2 Å². The summed E-state index contributed by atoms with van der Waals surface area (Å²) in [4.78, 5) is 12.3. The van der Waals surface area contributed by atoms with Gasteiger partial charge in [0, 0.05) is 31.1 Å². The highest BCUT2D eigenvalue weighted by molar-refractivity contribution is 7.98. The van der Waals surface area contributed by atoms with Crippen molar-refractivity contribution in [2.24, 2.45) is 5.92 Å². The predicted octanol–water partition coefficient (Wildman–Crippen LogP) is 5.35. The van der Waals surface area contributed by atoms with Gasteiger partial charge in [0.2, 0.25) is 0 Å². The summed E-state index contributed by atoms with van der Waals surface area (Å²) < 4.78 is 19.3. The van der Waals surface area contributed by atoms with Gasteiger partial charge in [-0.3, -0.25) is 9.38 Å². The summed E-state index contributed by atoms with van der Waals surface area (Å²) in [5.41, 5.74) is 4.76. The lowest BCUT2D eigenvalue weighted by atomic mass is 9.85. The van der Waals surface area contributed by atoms with Crippen LogP contribution in [0.1, 0.15) is 31.2 Å². The molecule has 0 saturated heterocycles. The minimum absolute atomic E-state index is 0.659. The Labute approximate surface area is 205 Å². The third kappa shape index (κ3) is 4.14. The molecule has 7 nitrogen and oxygen atoms in total. The largest absolute Gasteiger partial charge is 0.496 e. The van der Waals surface area contributed by atoms with Crippen LogP contribution in [0.15, 0.2) is 41.3 Å². The van der Waals surface area contributed by atoms with Crippen molar-refractivity contribution in [3.63, 3.8) is 0 Å². The Hall–Kier alpha value is -2.71. The lowest BCUT2D eigenvalue weighted by molar-refractivity contribution is 0.153. The van der Waals surface area contributed by atoms with Crippen molar-refractivity contribution in [2.45, 2.75) is 37.6 Å². The predicted molar refractivity (Wildman–Crippen MR) is 136 cm³/mol. The van der Waals surface area contributed by atoms with E-state index in [-0.39, 0.29) is 0 Å². The van der Waals surface area contributed by atoms with Crippen LogP contribution in [0.4, 0.5) is 5.82 Å². The van der Waals surface area contributed by atoms with Crippen LogP contribution in [-0.2, 0) is 4.74 Å². The molecule has 3 heterocycles. The number of hydrogen-bond donors (Lipinski definition) is 0. The molecular formula is C26H32N4O3S. The Balaban J connectivity index is 1.71. The van der Waals surface area contributed by atoms with E-state index in [4.69, 9.17) is 24.2 Å². The van der Waals surface area contributed by atoms with Gasteiger partial charge in [-0.15, -0.1) is 11.8 Å². The minimum atomic E-state index is 0.659. The second kappa shape index (κ2) is 9.88. The quantitative estimate of drug-likeness (QED) is 0.403. The molecule has 1 saturated carbocycles. The molecule has 2 aliphatic rings. The highest BCUT2D eigenvalue weighted by atomic mass is 32.2. The van der Waals surface area contributed by atoms with Gasteiger partial charge in [-0.2, -0.15) is 0 Å². The molecule has 1 aliphatic heterocycles. The molecule has 0 spiro atoms. The molecule has 8 heteroatoms. The van der Waals surface area contributed by atoms with Crippen LogP contribution in [0.5, 0.6) is 11.5 Å². The topological polar surface area (TPSA) is 61.1 Å². The van der Waals surface area contributed by atoms with Crippen LogP contribution in [-0.4, -0.2) is 54.6 Å². The van der Waals surface area contributed by atoms with Crippen molar-refractivity contribution in [2.75, 3.05) is 45.1 Å². The number of imidazole rings is 1. The fourth-order valence-electron chi connectivity index (χ4n) is 4.81. The number of aromatic nitrogens is 3. The molecule has 0 unspecified atom stereocenters. The first kappa shape index (κ1) is 23.1. The number of fused-ring (bicyclic) bond motifs is 1. The van der Waals surface area contributed by atoms with E-state index in [0.717, 1.165) is 64.4 Å². The molecule has 0 amide bonds. The van der Waals surface area contributed by atoms with Gasteiger partial charge in [0.15, 0.2) is 11.5 Å². The van der Waals surface area contributed by atoms with E-state index in [1.807, 2.05) is 31.5 Å². The summed E-state index contributed by atoms with van der Waals surface area (Å²) in [6.07, 6.45) is 13.0. The summed E-state index contributed by atoms with van der Waals surface area (Å²) in [5, 5.41) is 0.992. The summed E-state index contributed by atoms with van der Waals surface area (Å²) in [5.74, 6) is 3.27. The standard InChI is InChI=1S/C26H32N4O3S/c1-17-14-20(31-2)22(21(15-17)32-3)23-24-28-25(34-4)26(29(24)11-10-27-23)30(16-18-6-5-7-18)19-8-12-33-13-9-19/h8,10-11,14-15,18H,5-7,9,12-13,16H2,1-4H3. The van der Waals surface area contributed by atoms with Crippen LogP contribution in [0.3, 0.4) is 0 Å². The number of nitrogens with zero attached hydrogens (tertiary/aromatic N) is 4. The van der Waals surface area contributed by atoms with E-state index >= 15 is 0 Å². The maximum Gasteiger partial charge on any atom is 0.166 e. The van der Waals surface area contributed by atoms with Gasteiger partial charge in [0.05, 0.1) is 33.0 Å². The van der Waals surface area contributed by atoms with E-state index in [2.05, 4.69) is 21.6 Å². The van der Waals surface area contributed by atoms with Gasteiger partial charge in [-0.25, -0.2) is 4.98 Å². The molecule has 0 N–H and O–H groups in total. The van der Waals surface area contributed by atoms with E-state index in [0.29, 0.717) is 12.5 Å². The molecule has 5 rings (SSSR count). The maximum atomic E-state index is 5.76. The number of benzene rings is 1. The van der Waals surface area contributed by atoms with Crippen LogP contribution >= 0.6 is 11.8 Å². The highest BCUT2D eigenvalue weighted by Crippen LogP contribution is 2.43. The van der Waals surface area contributed by atoms with E-state index < -0.39 is 0 Å². The summed E-state index contributed by atoms with van der Waals surface area (Å²) in [6, 6.07) is 4.02. The smallest absolute Gasteiger partial charge is 0.166 e. The van der Waals surface area contributed by atoms with Gasteiger partial charge in [-0.1, -0.05) is 6.42 Å². The van der Waals surface area contributed by atoms with Crippen LogP contribution in [0, 0.1) is 12.8 Å². The van der Waals surface area contributed by atoms with Crippen molar-refractivity contribution in [3.8, 4) is 22.8 Å². The van der Waals surface area contributed by atoms with Gasteiger partial charge in [0.1, 0.15) is 22.2 Å². The molecule has 0 atom stereocenters. The number of rotatable bonds is 8. The first-order valence-electron chi connectivity index (χ1n) is 11.8. The molecule has 0 radical (unpaired) electrons. The molecule has 3 aromatic rings. The van der Waals surface area contributed by atoms with Crippen molar-refractivity contribution in [1.82, 2.24) is 14.4 Å². The Bertz CT molecular complexity index is 1190. The van der Waals surface area contributed by atoms with Gasteiger partial charge in [-0.05, 0) is 55.7 Å². The zero-order valence-electron chi connectivity index (χ0n) is 20.3. The van der Waals surface area contributed by atoms with E-state index in [1.165, 1.54) is 25.0 Å². The number of anilines is 1. The average Bonchev–Trinajstić information content (AvgIpc) is 3.22. The third-order valence-corrected chi connectivity index (χ3v) is 7.43. The molecule has 0 bridgehead atoms. The number of thioether (sulfide) groups is 1. The maximum absolute atomic E-state index is 5.76. The van der Waals surface area contributed by atoms with Crippen LogP contribution < -0.4 is 14.4 Å². The Morgan fingerprint density at radius 3 is 2.56 bits per heavy atom. The van der Waals surface area contributed by atoms with Gasteiger partial charge < -0.3 is 19.1 Å². The fourth-order valence-corrected chi connectivity index (χ4v) is 5.38. The van der Waals surface area contributed by atoms with Crippen molar-refractivity contribution in [3.05, 3.63) is 41.9 Å².